The van der Waals surface area contributed by atoms with Gasteiger partial charge in [0.1, 0.15) is 5.76 Å². The molecule has 1 heterocycles. The molecule has 0 aliphatic rings. The van der Waals surface area contributed by atoms with Gasteiger partial charge in [-0.05, 0) is 57.1 Å². The van der Waals surface area contributed by atoms with Crippen molar-refractivity contribution in [2.75, 3.05) is 19.8 Å². The van der Waals surface area contributed by atoms with E-state index in [-0.39, 0.29) is 0 Å². The van der Waals surface area contributed by atoms with Crippen molar-refractivity contribution in [1.82, 2.24) is 15.8 Å². The summed E-state index contributed by atoms with van der Waals surface area (Å²) in [5.74, 6) is 1.75. The quantitative estimate of drug-likeness (QED) is 0.342. The van der Waals surface area contributed by atoms with Gasteiger partial charge in [-0.2, -0.15) is 0 Å². The first-order valence-corrected chi connectivity index (χ1v) is 9.77. The zero-order valence-corrected chi connectivity index (χ0v) is 16.6. The fraction of sp³-hybridized carbons (Fsp3) is 0.474. The van der Waals surface area contributed by atoms with Gasteiger partial charge in [0.2, 0.25) is 0 Å². The Morgan fingerprint density at radius 3 is 2.68 bits per heavy atom. The summed E-state index contributed by atoms with van der Waals surface area (Å²) in [4.78, 5) is 5.61. The molecule has 0 aliphatic heterocycles. The minimum Gasteiger partial charge on any atom is -0.361 e. The van der Waals surface area contributed by atoms with Crippen LogP contribution in [0.5, 0.6) is 0 Å². The molecule has 0 aliphatic carbocycles. The highest BCUT2D eigenvalue weighted by atomic mass is 32.2. The summed E-state index contributed by atoms with van der Waals surface area (Å²) in [6.45, 7) is 7.70. The molecule has 0 amide bonds. The summed E-state index contributed by atoms with van der Waals surface area (Å²) in [5, 5.41) is 10.8. The first-order chi connectivity index (χ1) is 12.0. The number of aromatic nitrogens is 1. The predicted octanol–water partition coefficient (Wildman–Crippen LogP) is 3.62. The SMILES string of the molecule is CN=C(NCCCc1c(C)noc1C)NCc1ccc(C)cc1SC. The molecule has 2 N–H and O–H groups in total. The van der Waals surface area contributed by atoms with Crippen molar-refractivity contribution in [3.63, 3.8) is 0 Å². The fourth-order valence-corrected chi connectivity index (χ4v) is 3.43. The third-order valence-corrected chi connectivity index (χ3v) is 5.01. The number of rotatable bonds is 7. The summed E-state index contributed by atoms with van der Waals surface area (Å²) in [6, 6.07) is 6.55. The summed E-state index contributed by atoms with van der Waals surface area (Å²) in [7, 11) is 1.80. The van der Waals surface area contributed by atoms with E-state index >= 15 is 0 Å². The van der Waals surface area contributed by atoms with Crippen LogP contribution in [0.15, 0.2) is 32.6 Å². The summed E-state index contributed by atoms with van der Waals surface area (Å²) >= 11 is 1.78. The van der Waals surface area contributed by atoms with E-state index in [4.69, 9.17) is 4.52 Å². The number of hydrogen-bond acceptors (Lipinski definition) is 4. The molecule has 0 fully saturated rings. The number of nitrogens with one attached hydrogen (secondary N) is 2. The Balaban J connectivity index is 1.79. The molecule has 5 nitrogen and oxygen atoms in total. The molecule has 2 aromatic rings. The first kappa shape index (κ1) is 19.4. The molecule has 0 unspecified atom stereocenters. The molecule has 0 saturated carbocycles. The van der Waals surface area contributed by atoms with Gasteiger partial charge in [-0.1, -0.05) is 17.3 Å². The van der Waals surface area contributed by atoms with Crippen LogP contribution < -0.4 is 10.6 Å². The molecule has 2 rings (SSSR count). The lowest BCUT2D eigenvalue weighted by Gasteiger charge is -2.14. The van der Waals surface area contributed by atoms with Gasteiger partial charge < -0.3 is 15.2 Å². The Kier molecular flexibility index (Phi) is 7.37. The molecule has 0 atom stereocenters. The summed E-state index contributed by atoms with van der Waals surface area (Å²) < 4.78 is 5.20. The van der Waals surface area contributed by atoms with Crippen LogP contribution in [-0.4, -0.2) is 31.0 Å². The van der Waals surface area contributed by atoms with Crippen molar-refractivity contribution >= 4 is 17.7 Å². The molecule has 1 aromatic heterocycles. The van der Waals surface area contributed by atoms with E-state index in [9.17, 15) is 0 Å². The lowest BCUT2D eigenvalue weighted by Crippen LogP contribution is -2.37. The van der Waals surface area contributed by atoms with Crippen LogP contribution in [0.1, 0.15) is 34.6 Å². The zero-order chi connectivity index (χ0) is 18.2. The van der Waals surface area contributed by atoms with E-state index in [1.165, 1.54) is 21.6 Å². The van der Waals surface area contributed by atoms with Gasteiger partial charge in [-0.15, -0.1) is 11.8 Å². The van der Waals surface area contributed by atoms with E-state index in [2.05, 4.69) is 52.2 Å². The lowest BCUT2D eigenvalue weighted by molar-refractivity contribution is 0.392. The van der Waals surface area contributed by atoms with Crippen LogP contribution in [-0.2, 0) is 13.0 Å². The second-order valence-electron chi connectivity index (χ2n) is 6.07. The maximum absolute atomic E-state index is 5.20. The third kappa shape index (κ3) is 5.53. The minimum atomic E-state index is 0.764. The molecular formula is C19H28N4OS. The van der Waals surface area contributed by atoms with E-state index in [0.29, 0.717) is 0 Å². The lowest BCUT2D eigenvalue weighted by atomic mass is 10.1. The van der Waals surface area contributed by atoms with Crippen molar-refractivity contribution in [2.24, 2.45) is 4.99 Å². The van der Waals surface area contributed by atoms with Gasteiger partial charge >= 0.3 is 0 Å². The van der Waals surface area contributed by atoms with Gasteiger partial charge in [-0.3, -0.25) is 4.99 Å². The Morgan fingerprint density at radius 1 is 1.24 bits per heavy atom. The van der Waals surface area contributed by atoms with Crippen LogP contribution in [0.4, 0.5) is 0 Å². The molecule has 6 heteroatoms. The van der Waals surface area contributed by atoms with Crippen molar-refractivity contribution in [3.05, 3.63) is 46.3 Å². The van der Waals surface area contributed by atoms with Crippen LogP contribution in [0.2, 0.25) is 0 Å². The second-order valence-corrected chi connectivity index (χ2v) is 6.92. The Hall–Kier alpha value is -1.95. The van der Waals surface area contributed by atoms with Crippen molar-refractivity contribution < 1.29 is 4.52 Å². The predicted molar refractivity (Wildman–Crippen MR) is 105 cm³/mol. The number of aryl methyl sites for hydroxylation is 3. The van der Waals surface area contributed by atoms with Gasteiger partial charge in [0.25, 0.3) is 0 Å². The Labute approximate surface area is 154 Å². The van der Waals surface area contributed by atoms with Gasteiger partial charge in [0.15, 0.2) is 5.96 Å². The number of hydrogen-bond donors (Lipinski definition) is 2. The van der Waals surface area contributed by atoms with E-state index in [0.717, 1.165) is 43.3 Å². The molecule has 136 valence electrons. The van der Waals surface area contributed by atoms with E-state index < -0.39 is 0 Å². The number of guanidine groups is 1. The highest BCUT2D eigenvalue weighted by Crippen LogP contribution is 2.21. The molecule has 0 radical (unpaired) electrons. The maximum atomic E-state index is 5.20. The van der Waals surface area contributed by atoms with Crippen LogP contribution in [0.25, 0.3) is 0 Å². The summed E-state index contributed by atoms with van der Waals surface area (Å²) in [5.41, 5.74) is 4.78. The number of nitrogens with zero attached hydrogens (tertiary/aromatic N) is 2. The van der Waals surface area contributed by atoms with Crippen LogP contribution >= 0.6 is 11.8 Å². The van der Waals surface area contributed by atoms with Gasteiger partial charge in [0.05, 0.1) is 5.69 Å². The molecular weight excluding hydrogens is 332 g/mol. The second kappa shape index (κ2) is 9.51. The summed E-state index contributed by atoms with van der Waals surface area (Å²) in [6.07, 6.45) is 4.07. The highest BCUT2D eigenvalue weighted by Gasteiger charge is 2.08. The molecule has 25 heavy (non-hydrogen) atoms. The molecule has 0 bridgehead atoms. The van der Waals surface area contributed by atoms with Crippen molar-refractivity contribution in [2.45, 2.75) is 45.1 Å². The van der Waals surface area contributed by atoms with E-state index in [1.807, 2.05) is 13.8 Å². The monoisotopic (exact) mass is 360 g/mol. The van der Waals surface area contributed by atoms with Crippen molar-refractivity contribution in [1.29, 1.82) is 0 Å². The normalized spacial score (nSPS) is 11.6. The Bertz CT molecular complexity index is 705. The number of aliphatic imine (C=N–C) groups is 1. The number of benzene rings is 1. The topological polar surface area (TPSA) is 62.5 Å². The zero-order valence-electron chi connectivity index (χ0n) is 15.8. The van der Waals surface area contributed by atoms with Gasteiger partial charge in [-0.25, -0.2) is 0 Å². The third-order valence-electron chi connectivity index (χ3n) is 4.19. The molecule has 0 saturated heterocycles. The maximum Gasteiger partial charge on any atom is 0.191 e. The largest absolute Gasteiger partial charge is 0.361 e. The van der Waals surface area contributed by atoms with Crippen LogP contribution in [0.3, 0.4) is 0 Å². The first-order valence-electron chi connectivity index (χ1n) is 8.55. The fourth-order valence-electron chi connectivity index (χ4n) is 2.73. The number of thioether (sulfide) groups is 1. The smallest absolute Gasteiger partial charge is 0.191 e. The molecule has 0 spiro atoms. The van der Waals surface area contributed by atoms with Gasteiger partial charge in [0, 0.05) is 30.6 Å². The average molecular weight is 361 g/mol. The van der Waals surface area contributed by atoms with Crippen molar-refractivity contribution in [3.8, 4) is 0 Å². The molecule has 1 aromatic carbocycles. The minimum absolute atomic E-state index is 0.764. The Morgan fingerprint density at radius 2 is 2.04 bits per heavy atom. The van der Waals surface area contributed by atoms with E-state index in [1.54, 1.807) is 18.8 Å². The standard InChI is InChI=1S/C19H28N4OS/c1-13-8-9-16(18(11-13)25-5)12-22-19(20-4)21-10-6-7-17-14(2)23-24-15(17)3/h8-9,11H,6-7,10,12H2,1-5H3,(H2,20,21,22). The van der Waals surface area contributed by atoms with Crippen LogP contribution in [0, 0.1) is 20.8 Å². The highest BCUT2D eigenvalue weighted by molar-refractivity contribution is 7.98. The average Bonchev–Trinajstić information content (AvgIpc) is 2.93.